The average Bonchev–Trinajstić information content (AvgIpc) is 3.27. The number of piperazine rings is 1. The highest BCUT2D eigenvalue weighted by atomic mass is 19.1. The number of anilines is 1. The van der Waals surface area contributed by atoms with E-state index in [4.69, 9.17) is 4.52 Å². The summed E-state index contributed by atoms with van der Waals surface area (Å²) in [6, 6.07) is 15.1. The maximum Gasteiger partial charge on any atom is 0.257 e. The number of aromatic nitrogens is 3. The Bertz CT molecular complexity index is 1210. The first kappa shape index (κ1) is 20.6. The lowest BCUT2D eigenvalue weighted by Crippen LogP contribution is -2.46. The molecule has 5 rings (SSSR count). The molecule has 6 nitrogen and oxygen atoms in total. The molecule has 1 fully saturated rings. The monoisotopic (exact) mass is 431 g/mol. The minimum Gasteiger partial charge on any atom is -0.368 e. The highest BCUT2D eigenvalue weighted by molar-refractivity contribution is 5.91. The Morgan fingerprint density at radius 2 is 1.78 bits per heavy atom. The van der Waals surface area contributed by atoms with E-state index in [1.165, 1.54) is 17.7 Å². The van der Waals surface area contributed by atoms with Gasteiger partial charge in [-0.1, -0.05) is 31.1 Å². The van der Waals surface area contributed by atoms with Gasteiger partial charge in [-0.2, -0.15) is 4.98 Å². The summed E-state index contributed by atoms with van der Waals surface area (Å²) in [5.74, 6) is 1.49. The van der Waals surface area contributed by atoms with Gasteiger partial charge in [-0.3, -0.25) is 9.88 Å². The molecule has 1 aliphatic rings. The van der Waals surface area contributed by atoms with Crippen molar-refractivity contribution in [3.8, 4) is 11.5 Å². The highest BCUT2D eigenvalue weighted by Crippen LogP contribution is 2.27. The summed E-state index contributed by atoms with van der Waals surface area (Å²) < 4.78 is 19.1. The number of nitrogens with zero attached hydrogens (tertiary/aromatic N) is 5. The molecule has 0 unspecified atom stereocenters. The van der Waals surface area contributed by atoms with Crippen molar-refractivity contribution >= 4 is 16.6 Å². The number of fused-ring (bicyclic) bond motifs is 1. The normalized spacial score (nSPS) is 15.1. The maximum absolute atomic E-state index is 13.5. The van der Waals surface area contributed by atoms with Gasteiger partial charge in [0.2, 0.25) is 0 Å². The van der Waals surface area contributed by atoms with E-state index >= 15 is 0 Å². The second-order valence-electron chi connectivity index (χ2n) is 8.55. The minimum absolute atomic E-state index is 0.262. The number of halogens is 1. The molecular weight excluding hydrogens is 405 g/mol. The van der Waals surface area contributed by atoms with E-state index < -0.39 is 0 Å². The van der Waals surface area contributed by atoms with E-state index in [1.807, 2.05) is 24.3 Å². The summed E-state index contributed by atoms with van der Waals surface area (Å²) >= 11 is 0. The van der Waals surface area contributed by atoms with Crippen LogP contribution in [0.1, 0.15) is 31.2 Å². The van der Waals surface area contributed by atoms with Gasteiger partial charge in [0.25, 0.3) is 5.89 Å². The van der Waals surface area contributed by atoms with Crippen LogP contribution >= 0.6 is 0 Å². The zero-order valence-electron chi connectivity index (χ0n) is 18.3. The third-order valence-electron chi connectivity index (χ3n) is 6.05. The predicted octanol–water partition coefficient (Wildman–Crippen LogP) is 4.87. The van der Waals surface area contributed by atoms with Crippen LogP contribution < -0.4 is 4.90 Å². The highest BCUT2D eigenvalue weighted by Gasteiger charge is 2.21. The van der Waals surface area contributed by atoms with Gasteiger partial charge in [0.1, 0.15) is 5.82 Å². The van der Waals surface area contributed by atoms with Gasteiger partial charge in [-0.05, 0) is 41.8 Å². The topological polar surface area (TPSA) is 58.3 Å². The van der Waals surface area contributed by atoms with Crippen molar-refractivity contribution in [3.63, 3.8) is 0 Å². The van der Waals surface area contributed by atoms with Crippen LogP contribution in [0, 0.1) is 5.82 Å². The van der Waals surface area contributed by atoms with E-state index in [9.17, 15) is 4.39 Å². The predicted molar refractivity (Wildman–Crippen MR) is 123 cm³/mol. The molecule has 0 radical (unpaired) electrons. The van der Waals surface area contributed by atoms with Crippen LogP contribution in [-0.2, 0) is 6.54 Å². The molecule has 7 heteroatoms. The van der Waals surface area contributed by atoms with Crippen LogP contribution in [0.2, 0.25) is 0 Å². The smallest absolute Gasteiger partial charge is 0.257 e. The van der Waals surface area contributed by atoms with Crippen LogP contribution in [0.5, 0.6) is 0 Å². The standard InChI is InChI=1S/C25H26FN5O/c1-17(2)18-3-5-19(6-4-18)25-28-24(29-32-25)16-30-11-13-31(14-12-30)23-9-10-27-22-15-20(26)7-8-21(22)23/h3-10,15,17H,11-14,16H2,1-2H3. The van der Waals surface area contributed by atoms with Crippen LogP contribution in [-0.4, -0.2) is 46.2 Å². The second kappa shape index (κ2) is 8.67. The molecule has 0 amide bonds. The number of benzene rings is 2. The zero-order valence-corrected chi connectivity index (χ0v) is 18.3. The molecule has 0 N–H and O–H groups in total. The fourth-order valence-electron chi connectivity index (χ4n) is 4.17. The van der Waals surface area contributed by atoms with Crippen molar-refractivity contribution < 1.29 is 8.91 Å². The zero-order chi connectivity index (χ0) is 22.1. The minimum atomic E-state index is -0.262. The Hall–Kier alpha value is -3.32. The van der Waals surface area contributed by atoms with Gasteiger partial charge >= 0.3 is 0 Å². The van der Waals surface area contributed by atoms with Gasteiger partial charge in [0, 0.05) is 55.1 Å². The van der Waals surface area contributed by atoms with E-state index in [2.05, 4.69) is 50.9 Å². The summed E-state index contributed by atoms with van der Waals surface area (Å²) in [5.41, 5.74) is 4.02. The summed E-state index contributed by atoms with van der Waals surface area (Å²) in [4.78, 5) is 13.6. The summed E-state index contributed by atoms with van der Waals surface area (Å²) in [6.07, 6.45) is 1.75. The molecule has 32 heavy (non-hydrogen) atoms. The third kappa shape index (κ3) is 4.21. The van der Waals surface area contributed by atoms with Crippen molar-refractivity contribution in [2.24, 2.45) is 0 Å². The van der Waals surface area contributed by atoms with E-state index in [-0.39, 0.29) is 5.82 Å². The number of pyridine rings is 1. The van der Waals surface area contributed by atoms with Crippen molar-refractivity contribution in [2.75, 3.05) is 31.1 Å². The Balaban J connectivity index is 1.22. The average molecular weight is 432 g/mol. The van der Waals surface area contributed by atoms with E-state index in [0.717, 1.165) is 42.8 Å². The number of hydrogen-bond acceptors (Lipinski definition) is 6. The van der Waals surface area contributed by atoms with Crippen LogP contribution in [0.25, 0.3) is 22.4 Å². The van der Waals surface area contributed by atoms with Crippen LogP contribution in [0.4, 0.5) is 10.1 Å². The van der Waals surface area contributed by atoms with E-state index in [1.54, 1.807) is 6.20 Å². The largest absolute Gasteiger partial charge is 0.368 e. The molecule has 164 valence electrons. The molecule has 4 aromatic rings. The van der Waals surface area contributed by atoms with Crippen molar-refractivity contribution in [1.82, 2.24) is 20.0 Å². The van der Waals surface area contributed by atoms with Gasteiger partial charge < -0.3 is 9.42 Å². The lowest BCUT2D eigenvalue weighted by molar-refractivity contribution is 0.240. The summed E-state index contributed by atoms with van der Waals surface area (Å²) in [7, 11) is 0. The first-order chi connectivity index (χ1) is 15.6. The first-order valence-electron chi connectivity index (χ1n) is 11.0. The number of hydrogen-bond donors (Lipinski definition) is 0. The van der Waals surface area contributed by atoms with Gasteiger partial charge in [0.05, 0.1) is 12.1 Å². The molecule has 0 atom stereocenters. The SMILES string of the molecule is CC(C)c1ccc(-c2nc(CN3CCN(c4ccnc5cc(F)ccc45)CC3)no2)cc1. The fourth-order valence-corrected chi connectivity index (χ4v) is 4.17. The van der Waals surface area contributed by atoms with Crippen molar-refractivity contribution in [1.29, 1.82) is 0 Å². The van der Waals surface area contributed by atoms with Crippen LogP contribution in [0.3, 0.4) is 0 Å². The molecule has 2 aromatic carbocycles. The number of rotatable bonds is 5. The van der Waals surface area contributed by atoms with Gasteiger partial charge in [-0.15, -0.1) is 0 Å². The molecule has 1 aliphatic heterocycles. The lowest BCUT2D eigenvalue weighted by Gasteiger charge is -2.36. The Morgan fingerprint density at radius 1 is 1.00 bits per heavy atom. The molecule has 0 bridgehead atoms. The van der Waals surface area contributed by atoms with Crippen LogP contribution in [0.15, 0.2) is 59.3 Å². The van der Waals surface area contributed by atoms with E-state index in [0.29, 0.717) is 29.7 Å². The second-order valence-corrected chi connectivity index (χ2v) is 8.55. The van der Waals surface area contributed by atoms with Gasteiger partial charge in [0.15, 0.2) is 5.82 Å². The quantitative estimate of drug-likeness (QED) is 0.449. The maximum atomic E-state index is 13.5. The molecule has 3 heterocycles. The molecule has 1 saturated heterocycles. The van der Waals surface area contributed by atoms with Gasteiger partial charge in [-0.25, -0.2) is 4.39 Å². The van der Waals surface area contributed by atoms with Crippen molar-refractivity contribution in [2.45, 2.75) is 26.3 Å². The molecule has 0 saturated carbocycles. The van der Waals surface area contributed by atoms with Crippen molar-refractivity contribution in [3.05, 3.63) is 71.9 Å². The third-order valence-corrected chi connectivity index (χ3v) is 6.05. The Morgan fingerprint density at radius 3 is 2.53 bits per heavy atom. The Kier molecular flexibility index (Phi) is 5.57. The first-order valence-corrected chi connectivity index (χ1v) is 11.0. The Labute approximate surface area is 186 Å². The fraction of sp³-hybridized carbons (Fsp3) is 0.320. The molecular formula is C25H26FN5O. The lowest BCUT2D eigenvalue weighted by atomic mass is 10.0. The molecule has 0 aliphatic carbocycles. The molecule has 0 spiro atoms. The summed E-state index contributed by atoms with van der Waals surface area (Å²) in [5, 5.41) is 5.17. The summed E-state index contributed by atoms with van der Waals surface area (Å²) in [6.45, 7) is 8.53. The molecule has 2 aromatic heterocycles.